The van der Waals surface area contributed by atoms with E-state index in [9.17, 15) is 14.4 Å². The number of benzene rings is 1. The summed E-state index contributed by atoms with van der Waals surface area (Å²) in [5.74, 6) is 0.270. The van der Waals surface area contributed by atoms with Gasteiger partial charge >= 0.3 is 6.03 Å². The second-order valence-electron chi connectivity index (χ2n) is 7.41. The van der Waals surface area contributed by atoms with Crippen molar-refractivity contribution in [3.63, 3.8) is 0 Å². The summed E-state index contributed by atoms with van der Waals surface area (Å²) in [6, 6.07) is 6.48. The van der Waals surface area contributed by atoms with E-state index in [-0.39, 0.29) is 11.6 Å². The van der Waals surface area contributed by atoms with Crippen LogP contribution in [0.1, 0.15) is 43.1 Å². The number of hydrazine groups is 1. The van der Waals surface area contributed by atoms with Crippen molar-refractivity contribution in [3.8, 4) is 5.75 Å². The summed E-state index contributed by atoms with van der Waals surface area (Å²) in [6.07, 6.45) is 2.93. The van der Waals surface area contributed by atoms with Crippen LogP contribution in [0, 0.1) is 5.92 Å². The molecule has 4 rings (SSSR count). The number of carbonyl (C=O) groups excluding carboxylic acids is 3. The Balaban J connectivity index is 1.52. The first-order chi connectivity index (χ1) is 12.9. The maximum absolute atomic E-state index is 12.8. The number of urea groups is 1. The summed E-state index contributed by atoms with van der Waals surface area (Å²) in [5, 5.41) is 4.42. The van der Waals surface area contributed by atoms with Crippen molar-refractivity contribution in [2.75, 3.05) is 7.11 Å². The van der Waals surface area contributed by atoms with Crippen molar-refractivity contribution >= 4 is 28.7 Å². The monoisotopic (exact) mass is 370 g/mol. The molecule has 1 aliphatic heterocycles. The summed E-state index contributed by atoms with van der Waals surface area (Å²) < 4.78 is 5.17. The van der Waals surface area contributed by atoms with Gasteiger partial charge in [-0.25, -0.2) is 4.79 Å². The van der Waals surface area contributed by atoms with Crippen LogP contribution in [0.25, 0.3) is 10.9 Å². The molecule has 3 N–H and O–H groups in total. The third-order valence-corrected chi connectivity index (χ3v) is 5.58. The number of amides is 4. The molecule has 1 saturated heterocycles. The zero-order valence-electron chi connectivity index (χ0n) is 15.3. The van der Waals surface area contributed by atoms with Gasteiger partial charge in [0.15, 0.2) is 0 Å². The third-order valence-electron chi connectivity index (χ3n) is 5.58. The number of nitrogens with one attached hydrogen (secondary N) is 3. The van der Waals surface area contributed by atoms with E-state index in [1.54, 1.807) is 25.3 Å². The van der Waals surface area contributed by atoms with Crippen molar-refractivity contribution in [3.05, 3.63) is 30.0 Å². The molecule has 2 aliphatic rings. The number of carbonyl (C=O) groups is 3. The number of fused-ring (bicyclic) bond motifs is 1. The van der Waals surface area contributed by atoms with Gasteiger partial charge in [-0.05, 0) is 49.8 Å². The Labute approximate surface area is 156 Å². The lowest BCUT2D eigenvalue weighted by atomic mass is 9.77. The van der Waals surface area contributed by atoms with Crippen LogP contribution in [0.2, 0.25) is 0 Å². The van der Waals surface area contributed by atoms with Crippen molar-refractivity contribution in [2.24, 2.45) is 5.92 Å². The Hall–Kier alpha value is -3.03. The molecular weight excluding hydrogens is 348 g/mol. The van der Waals surface area contributed by atoms with Crippen LogP contribution in [0.5, 0.6) is 5.75 Å². The van der Waals surface area contributed by atoms with E-state index in [0.29, 0.717) is 24.5 Å². The van der Waals surface area contributed by atoms with E-state index in [1.165, 1.54) is 0 Å². The first-order valence-corrected chi connectivity index (χ1v) is 9.06. The lowest BCUT2D eigenvalue weighted by Gasteiger charge is -2.33. The Morgan fingerprint density at radius 2 is 2.00 bits per heavy atom. The van der Waals surface area contributed by atoms with E-state index in [0.717, 1.165) is 28.8 Å². The minimum atomic E-state index is -0.884. The van der Waals surface area contributed by atoms with Crippen LogP contribution in [0.3, 0.4) is 0 Å². The van der Waals surface area contributed by atoms with E-state index in [2.05, 4.69) is 22.7 Å². The summed E-state index contributed by atoms with van der Waals surface area (Å²) >= 11 is 0. The van der Waals surface area contributed by atoms with Gasteiger partial charge < -0.3 is 15.0 Å². The van der Waals surface area contributed by atoms with Gasteiger partial charge in [0.05, 0.1) is 7.11 Å². The molecule has 2 heterocycles. The number of methoxy groups -OCH3 is 1. The van der Waals surface area contributed by atoms with Gasteiger partial charge in [0.25, 0.3) is 11.8 Å². The Morgan fingerprint density at radius 1 is 1.26 bits per heavy atom. The standard InChI is InChI=1S/C19H22N4O4/c1-11-5-7-19(8-6-11)17(25)23(18(26)21-19)22-16(24)15-9-12-3-4-13(27-2)10-14(12)20-15/h3-4,9-11,20H,5-8H2,1-2H3,(H,21,26)(H,22,24). The van der Waals surface area contributed by atoms with E-state index in [4.69, 9.17) is 4.74 Å². The predicted molar refractivity (Wildman–Crippen MR) is 98.1 cm³/mol. The number of aromatic amines is 1. The quantitative estimate of drug-likeness (QED) is 0.721. The third kappa shape index (κ3) is 2.90. The fourth-order valence-electron chi connectivity index (χ4n) is 3.83. The minimum Gasteiger partial charge on any atom is -0.497 e. The molecule has 1 spiro atoms. The highest BCUT2D eigenvalue weighted by atomic mass is 16.5. The normalized spacial score (nSPS) is 25.1. The van der Waals surface area contributed by atoms with E-state index >= 15 is 0 Å². The molecule has 4 amide bonds. The molecule has 1 aromatic heterocycles. The van der Waals surface area contributed by atoms with Crippen molar-refractivity contribution in [2.45, 2.75) is 38.1 Å². The highest BCUT2D eigenvalue weighted by Gasteiger charge is 2.53. The zero-order valence-corrected chi connectivity index (χ0v) is 15.3. The van der Waals surface area contributed by atoms with Gasteiger partial charge in [-0.2, -0.15) is 5.01 Å². The molecule has 8 nitrogen and oxygen atoms in total. The fourth-order valence-corrected chi connectivity index (χ4v) is 3.83. The van der Waals surface area contributed by atoms with Gasteiger partial charge in [-0.3, -0.25) is 15.0 Å². The van der Waals surface area contributed by atoms with Crippen LogP contribution in [-0.2, 0) is 4.79 Å². The molecule has 0 radical (unpaired) electrons. The smallest absolute Gasteiger partial charge is 0.344 e. The summed E-state index contributed by atoms with van der Waals surface area (Å²) in [6.45, 7) is 2.14. The first-order valence-electron chi connectivity index (χ1n) is 9.06. The van der Waals surface area contributed by atoms with Crippen LogP contribution in [-0.4, -0.2) is 40.5 Å². The van der Waals surface area contributed by atoms with Gasteiger partial charge in [0.2, 0.25) is 0 Å². The van der Waals surface area contributed by atoms with Crippen LogP contribution < -0.4 is 15.5 Å². The van der Waals surface area contributed by atoms with Crippen LogP contribution in [0.15, 0.2) is 24.3 Å². The average molecular weight is 370 g/mol. The number of hydrogen-bond acceptors (Lipinski definition) is 4. The highest BCUT2D eigenvalue weighted by Crippen LogP contribution is 2.35. The number of rotatable bonds is 3. The SMILES string of the molecule is COc1ccc2cc(C(=O)NN3C(=O)NC4(CCC(C)CC4)C3=O)[nH]c2c1. The predicted octanol–water partition coefficient (Wildman–Crippen LogP) is 2.32. The Bertz CT molecular complexity index is 927. The number of aromatic nitrogens is 1. The molecule has 8 heteroatoms. The first kappa shape index (κ1) is 17.4. The highest BCUT2D eigenvalue weighted by molar-refractivity contribution is 6.09. The molecule has 1 aromatic carbocycles. The fraction of sp³-hybridized carbons (Fsp3) is 0.421. The second kappa shape index (κ2) is 6.29. The molecule has 0 bridgehead atoms. The molecule has 27 heavy (non-hydrogen) atoms. The topological polar surface area (TPSA) is 104 Å². The van der Waals surface area contributed by atoms with Crippen molar-refractivity contribution in [1.82, 2.24) is 20.7 Å². The number of ether oxygens (including phenoxy) is 1. The van der Waals surface area contributed by atoms with Gasteiger partial charge in [0.1, 0.15) is 17.0 Å². The van der Waals surface area contributed by atoms with E-state index < -0.39 is 17.5 Å². The van der Waals surface area contributed by atoms with Gasteiger partial charge in [-0.1, -0.05) is 6.92 Å². The lowest BCUT2D eigenvalue weighted by Crippen LogP contribution is -2.51. The van der Waals surface area contributed by atoms with E-state index in [1.807, 2.05) is 6.07 Å². The van der Waals surface area contributed by atoms with Crippen LogP contribution in [0.4, 0.5) is 4.79 Å². The maximum atomic E-state index is 12.8. The molecule has 1 aliphatic carbocycles. The molecule has 142 valence electrons. The Morgan fingerprint density at radius 3 is 2.70 bits per heavy atom. The molecule has 0 atom stereocenters. The van der Waals surface area contributed by atoms with Gasteiger partial charge in [-0.15, -0.1) is 0 Å². The largest absolute Gasteiger partial charge is 0.497 e. The number of H-pyrrole nitrogens is 1. The van der Waals surface area contributed by atoms with Crippen molar-refractivity contribution < 1.29 is 19.1 Å². The van der Waals surface area contributed by atoms with Gasteiger partial charge in [0, 0.05) is 17.0 Å². The number of hydrogen-bond donors (Lipinski definition) is 3. The second-order valence-corrected chi connectivity index (χ2v) is 7.41. The molecule has 2 fully saturated rings. The summed E-state index contributed by atoms with van der Waals surface area (Å²) in [5.41, 5.74) is 2.55. The summed E-state index contributed by atoms with van der Waals surface area (Å²) in [4.78, 5) is 40.7. The average Bonchev–Trinajstić information content (AvgIpc) is 3.18. The maximum Gasteiger partial charge on any atom is 0.344 e. The molecular formula is C19H22N4O4. The van der Waals surface area contributed by atoms with Crippen LogP contribution >= 0.6 is 0 Å². The Kier molecular flexibility index (Phi) is 4.05. The number of nitrogens with zero attached hydrogens (tertiary/aromatic N) is 1. The molecule has 1 saturated carbocycles. The van der Waals surface area contributed by atoms with Crippen molar-refractivity contribution in [1.29, 1.82) is 0 Å². The molecule has 2 aromatic rings. The lowest BCUT2D eigenvalue weighted by molar-refractivity contribution is -0.134. The zero-order chi connectivity index (χ0) is 19.2. The summed E-state index contributed by atoms with van der Waals surface area (Å²) in [7, 11) is 1.57. The number of imide groups is 1. The molecule has 0 unspecified atom stereocenters. The minimum absolute atomic E-state index is 0.261.